The van der Waals surface area contributed by atoms with E-state index in [1.165, 1.54) is 244 Å². The topological polar surface area (TPSA) is 19.0 Å². The van der Waals surface area contributed by atoms with Crippen LogP contribution in [0, 0.1) is 59.2 Å². The van der Waals surface area contributed by atoms with Crippen LogP contribution in [-0.2, 0) is 4.84 Å². The highest BCUT2D eigenvalue weighted by Crippen LogP contribution is 2.56. The van der Waals surface area contributed by atoms with E-state index in [9.17, 15) is 0 Å². The van der Waals surface area contributed by atoms with Gasteiger partial charge in [0, 0.05) is 58.8 Å². The standard InChI is InChI=1S/C72H123N3OS/c1-6-16-60(17-7-1)73(61-18-8-2-9-19-61)64-40-30-56(31-41-64)58-38-48-71-69(50-58)70-51-59(57-32-42-65(43-33-57)74(62-20-10-3-11-21-62)63-22-12-4-13-23-63)39-49-72(70)76-75(71)66-44-34-54(35-45-66)52-26-28-53(29-27-52)55-36-46-68(47-37-55)77-67-24-14-5-15-25-67/h52-72H,1-51H2. The van der Waals surface area contributed by atoms with Crippen LogP contribution in [0.3, 0.4) is 0 Å². The molecule has 438 valence electrons. The molecule has 4 nitrogen and oxygen atoms in total. The van der Waals surface area contributed by atoms with Crippen molar-refractivity contribution in [2.45, 2.75) is 392 Å². The predicted molar refractivity (Wildman–Crippen MR) is 326 cm³/mol. The van der Waals surface area contributed by atoms with Gasteiger partial charge in [-0.2, -0.15) is 16.8 Å². The highest BCUT2D eigenvalue weighted by Gasteiger charge is 2.53. The average Bonchev–Trinajstić information content (AvgIpc) is 3.53. The van der Waals surface area contributed by atoms with Gasteiger partial charge in [0.25, 0.3) is 0 Å². The van der Waals surface area contributed by atoms with Gasteiger partial charge in [-0.3, -0.25) is 14.6 Å². The molecule has 0 spiro atoms. The first-order valence-corrected chi connectivity index (χ1v) is 37.7. The van der Waals surface area contributed by atoms with Gasteiger partial charge >= 0.3 is 0 Å². The number of thioether (sulfide) groups is 1. The van der Waals surface area contributed by atoms with E-state index >= 15 is 0 Å². The van der Waals surface area contributed by atoms with E-state index in [-0.39, 0.29) is 0 Å². The third kappa shape index (κ3) is 13.5. The van der Waals surface area contributed by atoms with Crippen molar-refractivity contribution in [3.63, 3.8) is 0 Å². The zero-order valence-electron chi connectivity index (χ0n) is 50.3. The molecule has 5 heteroatoms. The van der Waals surface area contributed by atoms with Crippen LogP contribution in [0.25, 0.3) is 0 Å². The van der Waals surface area contributed by atoms with E-state index in [1.54, 1.807) is 83.5 Å². The summed E-state index contributed by atoms with van der Waals surface area (Å²) in [6, 6.07) is 6.84. The van der Waals surface area contributed by atoms with Gasteiger partial charge in [-0.25, -0.2) is 0 Å². The van der Waals surface area contributed by atoms with E-state index in [4.69, 9.17) is 4.84 Å². The fraction of sp³-hybridized carbons (Fsp3) is 1.00. The van der Waals surface area contributed by atoms with Crippen LogP contribution in [0.2, 0.25) is 0 Å². The van der Waals surface area contributed by atoms with Gasteiger partial charge < -0.3 is 0 Å². The summed E-state index contributed by atoms with van der Waals surface area (Å²) in [5, 5.41) is 4.88. The van der Waals surface area contributed by atoms with Crippen molar-refractivity contribution in [3.05, 3.63) is 0 Å². The summed E-state index contributed by atoms with van der Waals surface area (Å²) in [7, 11) is 0. The Labute approximate surface area is 480 Å². The molecule has 0 amide bonds. The van der Waals surface area contributed by atoms with Crippen molar-refractivity contribution in [3.8, 4) is 0 Å². The third-order valence-electron chi connectivity index (χ3n) is 27.5. The molecule has 1 aliphatic heterocycles. The Balaban J connectivity index is 0.640. The van der Waals surface area contributed by atoms with Crippen LogP contribution >= 0.6 is 11.8 Å². The summed E-state index contributed by atoms with van der Waals surface area (Å²) in [5.41, 5.74) is 0. The summed E-state index contributed by atoms with van der Waals surface area (Å²) in [5.74, 6) is 9.83. The number of rotatable bonds is 13. The van der Waals surface area contributed by atoms with Gasteiger partial charge in [-0.1, -0.05) is 96.3 Å². The van der Waals surface area contributed by atoms with Crippen molar-refractivity contribution in [2.75, 3.05) is 0 Å². The average molecular weight is 1080 g/mol. The van der Waals surface area contributed by atoms with E-state index in [0.717, 1.165) is 106 Å². The van der Waals surface area contributed by atoms with Crippen LogP contribution in [0.5, 0.6) is 0 Å². The first-order chi connectivity index (χ1) is 38.1. The Morgan fingerprint density at radius 2 is 0.571 bits per heavy atom. The first kappa shape index (κ1) is 56.3. The SMILES string of the molecule is C1CCC(SC2CCC(C3CCC(C4CCC(N5OC6CCC(C7CCC(N(C8CCCCC8)C8CCCCC8)CC7)CC6C6CC(C7CCC(N(C8CCCCC8)C8CCCCC8)CC7)CCC65)CC4)CC3)CC2)CC1. The van der Waals surface area contributed by atoms with Gasteiger partial charge in [-0.05, 0) is 290 Å². The van der Waals surface area contributed by atoms with Crippen LogP contribution in [0.4, 0.5) is 0 Å². The van der Waals surface area contributed by atoms with E-state index in [0.29, 0.717) is 18.2 Å². The second-order valence-electron chi connectivity index (χ2n) is 31.4. The lowest BCUT2D eigenvalue weighted by Crippen LogP contribution is -2.61. The predicted octanol–water partition coefficient (Wildman–Crippen LogP) is 19.8. The molecule has 0 aromatic carbocycles. The third-order valence-corrected chi connectivity index (χ3v) is 29.2. The number of hydrogen-bond acceptors (Lipinski definition) is 5. The first-order valence-electron chi connectivity index (χ1n) is 36.8. The van der Waals surface area contributed by atoms with Gasteiger partial charge in [-0.15, -0.1) is 0 Å². The van der Waals surface area contributed by atoms with Gasteiger partial charge in [0.15, 0.2) is 0 Å². The minimum absolute atomic E-state index is 0.514. The Hall–Kier alpha value is 0.190. The molecular weight excluding hydrogens is 955 g/mol. The monoisotopic (exact) mass is 1080 g/mol. The maximum Gasteiger partial charge on any atom is 0.0825 e. The van der Waals surface area contributed by atoms with Crippen LogP contribution in [0.15, 0.2) is 0 Å². The van der Waals surface area contributed by atoms with Gasteiger partial charge in [0.1, 0.15) is 0 Å². The Morgan fingerprint density at radius 3 is 1.01 bits per heavy atom. The number of nitrogens with zero attached hydrogens (tertiary/aromatic N) is 3. The molecule has 12 saturated carbocycles. The van der Waals surface area contributed by atoms with Crippen molar-refractivity contribution in [2.24, 2.45) is 59.2 Å². The van der Waals surface area contributed by atoms with E-state index in [1.807, 2.05) is 0 Å². The molecule has 1 heterocycles. The number of hydroxylamine groups is 2. The quantitative estimate of drug-likeness (QED) is 0.182. The second-order valence-corrected chi connectivity index (χ2v) is 33.0. The zero-order valence-corrected chi connectivity index (χ0v) is 51.2. The molecule has 0 bridgehead atoms. The highest BCUT2D eigenvalue weighted by molar-refractivity contribution is 8.00. The Kier molecular flexibility index (Phi) is 20.1. The van der Waals surface area contributed by atoms with Crippen LogP contribution in [-0.4, -0.2) is 79.8 Å². The normalized spacial score (nSPS) is 43.7. The number of fused-ring (bicyclic) bond motifs is 3. The second kappa shape index (κ2) is 27.5. The largest absolute Gasteiger partial charge is 0.295 e. The minimum Gasteiger partial charge on any atom is -0.295 e. The van der Waals surface area contributed by atoms with Crippen molar-refractivity contribution >= 4 is 11.8 Å². The van der Waals surface area contributed by atoms with E-state index < -0.39 is 0 Å². The summed E-state index contributed by atoms with van der Waals surface area (Å²) in [6.07, 6.45) is 77.7. The molecule has 0 aromatic rings. The molecule has 1 saturated heterocycles. The molecule has 0 aromatic heterocycles. The Morgan fingerprint density at radius 1 is 0.260 bits per heavy atom. The molecule has 13 rings (SSSR count). The lowest BCUT2D eigenvalue weighted by molar-refractivity contribution is -0.323. The summed E-state index contributed by atoms with van der Waals surface area (Å²) >= 11 is 2.44. The molecule has 77 heavy (non-hydrogen) atoms. The fourth-order valence-corrected chi connectivity index (χ4v) is 25.1. The smallest absolute Gasteiger partial charge is 0.0825 e. The summed E-state index contributed by atoms with van der Waals surface area (Å²) in [4.78, 5) is 14.2. The molecule has 6 unspecified atom stereocenters. The summed E-state index contributed by atoms with van der Waals surface area (Å²) in [6.45, 7) is 0. The van der Waals surface area contributed by atoms with Crippen molar-refractivity contribution < 1.29 is 4.84 Å². The lowest BCUT2D eigenvalue weighted by Gasteiger charge is -2.58. The Bertz CT molecular complexity index is 1670. The number of hydrogen-bond donors (Lipinski definition) is 0. The molecule has 13 fully saturated rings. The zero-order chi connectivity index (χ0) is 51.3. The lowest BCUT2D eigenvalue weighted by atomic mass is 9.59. The van der Waals surface area contributed by atoms with Gasteiger partial charge in [0.05, 0.1) is 6.10 Å². The molecule has 0 radical (unpaired) electrons. The maximum absolute atomic E-state index is 7.69. The van der Waals surface area contributed by atoms with Crippen molar-refractivity contribution in [1.82, 2.24) is 14.9 Å². The molecular formula is C72H123N3OS. The van der Waals surface area contributed by atoms with E-state index in [2.05, 4.69) is 26.6 Å². The molecule has 0 N–H and O–H groups in total. The van der Waals surface area contributed by atoms with Crippen LogP contribution in [0.1, 0.15) is 327 Å². The van der Waals surface area contributed by atoms with Crippen LogP contribution < -0.4 is 0 Å². The van der Waals surface area contributed by atoms with Crippen molar-refractivity contribution in [1.29, 1.82) is 0 Å². The minimum atomic E-state index is 0.514. The highest BCUT2D eigenvalue weighted by atomic mass is 32.2. The molecule has 13 aliphatic rings. The maximum atomic E-state index is 7.69. The van der Waals surface area contributed by atoms with Gasteiger partial charge in [0.2, 0.25) is 0 Å². The molecule has 6 atom stereocenters. The fourth-order valence-electron chi connectivity index (χ4n) is 23.4. The molecule has 12 aliphatic carbocycles. The summed E-state index contributed by atoms with van der Waals surface area (Å²) < 4.78 is 0.